The Balaban J connectivity index is 1.46. The number of ether oxygens (including phenoxy) is 2. The van der Waals surface area contributed by atoms with Crippen LogP contribution in [0, 0.1) is 11.7 Å². The Kier molecular flexibility index (Phi) is 8.56. The van der Waals surface area contributed by atoms with Crippen LogP contribution in [0.25, 0.3) is 10.8 Å². The SMILES string of the molecule is CCOC(=O)[C@H]1CCN(C(=O)[C@H](Nc2ccc3cc[nH]c(=O)c3c2)c2ccc(F)c(OC)c2)[C@H]1c1ccccc1S(=O)(=O)C1CC1. The Hall–Kier alpha value is -4.71. The van der Waals surface area contributed by atoms with Crippen molar-refractivity contribution in [1.29, 1.82) is 0 Å². The third kappa shape index (κ3) is 5.84. The summed E-state index contributed by atoms with van der Waals surface area (Å²) in [6.07, 6.45) is 2.90. The van der Waals surface area contributed by atoms with Crippen LogP contribution in [0.3, 0.4) is 0 Å². The van der Waals surface area contributed by atoms with Crippen molar-refractivity contribution in [3.05, 3.63) is 100 Å². The zero-order chi connectivity index (χ0) is 32.6. The van der Waals surface area contributed by atoms with E-state index in [1.807, 2.05) is 0 Å². The molecule has 3 aromatic carbocycles. The number of aromatic amines is 1. The quantitative estimate of drug-likeness (QED) is 0.232. The van der Waals surface area contributed by atoms with Crippen LogP contribution in [0.15, 0.2) is 82.6 Å². The van der Waals surface area contributed by atoms with E-state index >= 15 is 0 Å². The van der Waals surface area contributed by atoms with E-state index < -0.39 is 50.8 Å². The number of amides is 1. The van der Waals surface area contributed by atoms with Gasteiger partial charge in [0.1, 0.15) is 6.04 Å². The van der Waals surface area contributed by atoms with Crippen molar-refractivity contribution in [2.24, 2.45) is 5.92 Å². The Morgan fingerprint density at radius 1 is 1.07 bits per heavy atom. The average Bonchev–Trinajstić information content (AvgIpc) is 3.83. The van der Waals surface area contributed by atoms with Gasteiger partial charge in [0.2, 0.25) is 5.91 Å². The van der Waals surface area contributed by atoms with Crippen LogP contribution in [-0.2, 0) is 24.2 Å². The highest BCUT2D eigenvalue weighted by molar-refractivity contribution is 7.92. The smallest absolute Gasteiger partial charge is 0.311 e. The maximum Gasteiger partial charge on any atom is 0.311 e. The summed E-state index contributed by atoms with van der Waals surface area (Å²) < 4.78 is 52.3. The minimum Gasteiger partial charge on any atom is -0.494 e. The van der Waals surface area contributed by atoms with Crippen LogP contribution >= 0.6 is 0 Å². The number of esters is 1. The second kappa shape index (κ2) is 12.6. The molecule has 1 amide bonds. The number of H-pyrrole nitrogens is 1. The van der Waals surface area contributed by atoms with Gasteiger partial charge in [0.25, 0.3) is 5.56 Å². The fraction of sp³-hybridized carbons (Fsp3) is 0.324. The zero-order valence-electron chi connectivity index (χ0n) is 25.4. The maximum atomic E-state index is 14.7. The largest absolute Gasteiger partial charge is 0.494 e. The molecule has 10 nitrogen and oxygen atoms in total. The Morgan fingerprint density at radius 3 is 2.59 bits per heavy atom. The third-order valence-electron chi connectivity index (χ3n) is 8.62. The number of sulfone groups is 1. The lowest BCUT2D eigenvalue weighted by Gasteiger charge is -2.33. The number of nitrogens with one attached hydrogen (secondary N) is 2. The molecule has 12 heteroatoms. The summed E-state index contributed by atoms with van der Waals surface area (Å²) in [6, 6.07) is 15.3. The maximum absolute atomic E-state index is 14.7. The number of fused-ring (bicyclic) bond motifs is 1. The van der Waals surface area contributed by atoms with E-state index in [4.69, 9.17) is 9.47 Å². The van der Waals surface area contributed by atoms with Crippen LogP contribution in [0.5, 0.6) is 5.75 Å². The molecule has 2 aliphatic rings. The van der Waals surface area contributed by atoms with Gasteiger partial charge in [-0.3, -0.25) is 14.4 Å². The van der Waals surface area contributed by atoms with Crippen molar-refractivity contribution in [1.82, 2.24) is 9.88 Å². The molecule has 2 fully saturated rings. The monoisotopic (exact) mass is 647 g/mol. The first-order valence-corrected chi connectivity index (χ1v) is 16.7. The summed E-state index contributed by atoms with van der Waals surface area (Å²) >= 11 is 0. The highest BCUT2D eigenvalue weighted by Crippen LogP contribution is 2.45. The molecule has 2 N–H and O–H groups in total. The second-order valence-electron chi connectivity index (χ2n) is 11.5. The molecule has 1 aliphatic heterocycles. The molecule has 240 valence electrons. The summed E-state index contributed by atoms with van der Waals surface area (Å²) in [7, 11) is -2.38. The number of hydrogen-bond donors (Lipinski definition) is 2. The van der Waals surface area contributed by atoms with Crippen molar-refractivity contribution in [2.75, 3.05) is 25.6 Å². The second-order valence-corrected chi connectivity index (χ2v) is 13.7. The number of carbonyl (C=O) groups excluding carboxylic acids is 2. The lowest BCUT2D eigenvalue weighted by molar-refractivity contribution is -0.149. The minimum absolute atomic E-state index is 0.0738. The third-order valence-corrected chi connectivity index (χ3v) is 11.0. The standard InChI is InChI=1S/C34H34FN3O7S/c1-3-45-34(41)25-15-17-38(31(25)24-6-4-5-7-29(24)46(42,43)23-11-12-23)33(40)30(21-9-13-27(35)28(18-21)44-2)37-22-10-8-20-14-16-36-32(39)26(20)19-22/h4-10,13-14,16,18-19,23,25,30-31,37H,3,11-12,15,17H2,1-2H3,(H,36,39)/t25-,30+,31-/m0/s1. The molecule has 1 aliphatic carbocycles. The van der Waals surface area contributed by atoms with Crippen molar-refractivity contribution < 1.29 is 31.9 Å². The molecule has 0 radical (unpaired) electrons. The molecule has 0 bridgehead atoms. The van der Waals surface area contributed by atoms with Crippen molar-refractivity contribution in [3.63, 3.8) is 0 Å². The fourth-order valence-corrected chi connectivity index (χ4v) is 8.11. The van der Waals surface area contributed by atoms with Crippen LogP contribution < -0.4 is 15.6 Å². The van der Waals surface area contributed by atoms with E-state index in [9.17, 15) is 27.2 Å². The first kappa shape index (κ1) is 31.3. The van der Waals surface area contributed by atoms with Gasteiger partial charge < -0.3 is 24.7 Å². The number of halogens is 1. The topological polar surface area (TPSA) is 135 Å². The average molecular weight is 648 g/mol. The van der Waals surface area contributed by atoms with E-state index in [-0.39, 0.29) is 35.8 Å². The molecule has 1 aromatic heterocycles. The summed E-state index contributed by atoms with van der Waals surface area (Å²) in [4.78, 5) is 44.8. The van der Waals surface area contributed by atoms with Gasteiger partial charge in [-0.05, 0) is 79.1 Å². The van der Waals surface area contributed by atoms with Gasteiger partial charge in [-0.2, -0.15) is 0 Å². The molecule has 4 aromatic rings. The van der Waals surface area contributed by atoms with Crippen LogP contribution in [0.4, 0.5) is 10.1 Å². The Bertz CT molecular complexity index is 1980. The first-order chi connectivity index (χ1) is 22.1. The number of benzene rings is 3. The minimum atomic E-state index is -3.70. The predicted molar refractivity (Wildman–Crippen MR) is 170 cm³/mol. The van der Waals surface area contributed by atoms with Gasteiger partial charge in [0.05, 0.1) is 35.8 Å². The molecule has 2 heterocycles. The van der Waals surface area contributed by atoms with E-state index in [1.54, 1.807) is 55.6 Å². The number of carbonyl (C=O) groups is 2. The predicted octanol–water partition coefficient (Wildman–Crippen LogP) is 4.92. The van der Waals surface area contributed by atoms with E-state index in [1.165, 1.54) is 36.3 Å². The number of aromatic nitrogens is 1. The van der Waals surface area contributed by atoms with Gasteiger partial charge in [-0.15, -0.1) is 0 Å². The first-order valence-electron chi connectivity index (χ1n) is 15.2. The van der Waals surface area contributed by atoms with Crippen LogP contribution in [-0.4, -0.2) is 55.7 Å². The summed E-state index contributed by atoms with van der Waals surface area (Å²) in [5, 5.41) is 3.82. The van der Waals surface area contributed by atoms with Gasteiger partial charge in [0, 0.05) is 23.8 Å². The van der Waals surface area contributed by atoms with E-state index in [2.05, 4.69) is 10.3 Å². The normalized spacial score (nSPS) is 18.7. The molecule has 1 saturated carbocycles. The highest BCUT2D eigenvalue weighted by Gasteiger charge is 2.48. The lowest BCUT2D eigenvalue weighted by atomic mass is 9.93. The van der Waals surface area contributed by atoms with Gasteiger partial charge in [0.15, 0.2) is 21.4 Å². The number of methoxy groups -OCH3 is 1. The number of pyridine rings is 1. The summed E-state index contributed by atoms with van der Waals surface area (Å²) in [5.74, 6) is -2.51. The number of rotatable bonds is 10. The van der Waals surface area contributed by atoms with Gasteiger partial charge >= 0.3 is 5.97 Å². The Morgan fingerprint density at radius 2 is 1.85 bits per heavy atom. The summed E-state index contributed by atoms with van der Waals surface area (Å²) in [6.45, 7) is 1.95. The zero-order valence-corrected chi connectivity index (χ0v) is 26.2. The molecule has 6 rings (SSSR count). The van der Waals surface area contributed by atoms with Crippen LogP contribution in [0.2, 0.25) is 0 Å². The molecular formula is C34H34FN3O7S. The van der Waals surface area contributed by atoms with E-state index in [0.717, 1.165) is 0 Å². The lowest BCUT2D eigenvalue weighted by Crippen LogP contribution is -2.40. The molecule has 0 unspecified atom stereocenters. The Labute approximate surface area is 265 Å². The number of likely N-dealkylation sites (tertiary alicyclic amines) is 1. The molecular weight excluding hydrogens is 613 g/mol. The van der Waals surface area contributed by atoms with Gasteiger partial charge in [-0.25, -0.2) is 12.8 Å². The van der Waals surface area contributed by atoms with Crippen molar-refractivity contribution in [2.45, 2.75) is 48.4 Å². The number of nitrogens with zero attached hydrogens (tertiary/aromatic N) is 1. The van der Waals surface area contributed by atoms with Crippen LogP contribution in [0.1, 0.15) is 49.4 Å². The van der Waals surface area contributed by atoms with Gasteiger partial charge in [-0.1, -0.05) is 30.3 Å². The molecule has 1 saturated heterocycles. The van der Waals surface area contributed by atoms with E-state index in [0.29, 0.717) is 40.4 Å². The van der Waals surface area contributed by atoms with Crippen molar-refractivity contribution in [3.8, 4) is 5.75 Å². The fourth-order valence-electron chi connectivity index (χ4n) is 6.21. The molecule has 0 spiro atoms. The number of hydrogen-bond acceptors (Lipinski definition) is 8. The highest BCUT2D eigenvalue weighted by atomic mass is 32.2. The number of anilines is 1. The summed E-state index contributed by atoms with van der Waals surface area (Å²) in [5.41, 5.74) is 0.853. The molecule has 46 heavy (non-hydrogen) atoms. The molecule has 3 atom stereocenters. The van der Waals surface area contributed by atoms with Crippen molar-refractivity contribution >= 4 is 38.2 Å².